The molecule has 8 heteroatoms. The van der Waals surface area contributed by atoms with Gasteiger partial charge in [0, 0.05) is 23.9 Å². The van der Waals surface area contributed by atoms with Crippen LogP contribution in [0.2, 0.25) is 0 Å². The molecule has 0 spiro atoms. The second kappa shape index (κ2) is 8.52. The number of H-pyrrole nitrogens is 1. The molecule has 5 rings (SSSR count). The van der Waals surface area contributed by atoms with Crippen molar-refractivity contribution in [3.05, 3.63) is 81.8 Å². The SMILES string of the molecule is Cc1cc[n+](C2=C(c3c(C)[nH]n(-c4ccc(F)cc4)c3=O)C(=O)N(C3CCCCC3)C2=O)cc1. The Morgan fingerprint density at radius 1 is 0.912 bits per heavy atom. The smallest absolute Gasteiger partial charge is 0.295 e. The van der Waals surface area contributed by atoms with E-state index in [0.717, 1.165) is 37.7 Å². The topological polar surface area (TPSA) is 79.1 Å². The number of pyridine rings is 1. The molecule has 174 valence electrons. The van der Waals surface area contributed by atoms with Gasteiger partial charge in [-0.25, -0.2) is 9.07 Å². The first-order valence-corrected chi connectivity index (χ1v) is 11.5. The number of nitrogens with zero attached hydrogens (tertiary/aromatic N) is 3. The van der Waals surface area contributed by atoms with Gasteiger partial charge in [0.05, 0.1) is 11.3 Å². The average molecular weight is 462 g/mol. The molecule has 0 bridgehead atoms. The molecule has 0 saturated heterocycles. The van der Waals surface area contributed by atoms with E-state index >= 15 is 0 Å². The van der Waals surface area contributed by atoms with Gasteiger partial charge >= 0.3 is 5.91 Å². The summed E-state index contributed by atoms with van der Waals surface area (Å²) in [5.74, 6) is -1.24. The molecule has 3 aromatic rings. The number of hydrogen-bond acceptors (Lipinski definition) is 3. The molecule has 2 aromatic heterocycles. The molecule has 2 amide bonds. The maximum Gasteiger partial charge on any atom is 0.327 e. The Kier molecular flexibility index (Phi) is 5.51. The van der Waals surface area contributed by atoms with Crippen molar-refractivity contribution in [3.8, 4) is 5.69 Å². The van der Waals surface area contributed by atoms with Crippen LogP contribution in [0.15, 0.2) is 53.6 Å². The Labute approximate surface area is 196 Å². The Morgan fingerprint density at radius 3 is 2.21 bits per heavy atom. The number of nitrogens with one attached hydrogen (secondary N) is 1. The highest BCUT2D eigenvalue weighted by Crippen LogP contribution is 2.34. The largest absolute Gasteiger partial charge is 0.327 e. The van der Waals surface area contributed by atoms with Crippen LogP contribution in [-0.4, -0.2) is 32.5 Å². The van der Waals surface area contributed by atoms with E-state index in [1.165, 1.54) is 33.8 Å². The van der Waals surface area contributed by atoms with E-state index in [1.807, 2.05) is 19.1 Å². The third kappa shape index (κ3) is 3.59. The number of carbonyl (C=O) groups excluding carboxylic acids is 2. The fourth-order valence-corrected chi connectivity index (χ4v) is 4.93. The summed E-state index contributed by atoms with van der Waals surface area (Å²) in [5, 5.41) is 2.99. The molecule has 1 aliphatic heterocycles. The maximum atomic E-state index is 13.8. The molecule has 1 aromatic carbocycles. The number of aryl methyl sites for hydroxylation is 2. The third-order valence-corrected chi connectivity index (χ3v) is 6.69. The van der Waals surface area contributed by atoms with Crippen molar-refractivity contribution < 1.29 is 18.5 Å². The number of aromatic amines is 1. The number of benzene rings is 1. The zero-order chi connectivity index (χ0) is 24.0. The van der Waals surface area contributed by atoms with Crippen molar-refractivity contribution in [2.45, 2.75) is 52.0 Å². The van der Waals surface area contributed by atoms with Crippen LogP contribution in [0.5, 0.6) is 0 Å². The van der Waals surface area contributed by atoms with Crippen LogP contribution in [0.25, 0.3) is 17.0 Å². The highest BCUT2D eigenvalue weighted by Gasteiger charge is 2.49. The third-order valence-electron chi connectivity index (χ3n) is 6.69. The fraction of sp³-hybridized carbons (Fsp3) is 0.308. The first-order chi connectivity index (χ1) is 16.4. The zero-order valence-corrected chi connectivity index (χ0v) is 19.2. The van der Waals surface area contributed by atoms with Gasteiger partial charge in [-0.15, -0.1) is 0 Å². The van der Waals surface area contributed by atoms with Gasteiger partial charge in [0.25, 0.3) is 17.2 Å². The minimum Gasteiger partial charge on any atom is -0.295 e. The molecule has 0 atom stereocenters. The van der Waals surface area contributed by atoms with Gasteiger partial charge in [-0.1, -0.05) is 19.3 Å². The van der Waals surface area contributed by atoms with E-state index in [0.29, 0.717) is 11.4 Å². The van der Waals surface area contributed by atoms with Crippen molar-refractivity contribution in [2.24, 2.45) is 0 Å². The predicted octanol–water partition coefficient (Wildman–Crippen LogP) is 3.28. The van der Waals surface area contributed by atoms with Crippen molar-refractivity contribution >= 4 is 23.1 Å². The number of aromatic nitrogens is 3. The Bertz CT molecular complexity index is 1360. The quantitative estimate of drug-likeness (QED) is 0.478. The van der Waals surface area contributed by atoms with Crippen LogP contribution in [0.1, 0.15) is 48.9 Å². The maximum absolute atomic E-state index is 13.8. The van der Waals surface area contributed by atoms with Crippen molar-refractivity contribution in [1.29, 1.82) is 0 Å². The fourth-order valence-electron chi connectivity index (χ4n) is 4.93. The van der Waals surface area contributed by atoms with Crippen LogP contribution in [0, 0.1) is 19.7 Å². The molecule has 1 aliphatic carbocycles. The summed E-state index contributed by atoms with van der Waals surface area (Å²) in [7, 11) is 0. The highest BCUT2D eigenvalue weighted by molar-refractivity contribution is 6.44. The number of rotatable bonds is 4. The summed E-state index contributed by atoms with van der Waals surface area (Å²) in [6, 6.07) is 9.02. The van der Waals surface area contributed by atoms with E-state index < -0.39 is 17.3 Å². The van der Waals surface area contributed by atoms with E-state index in [-0.39, 0.29) is 28.8 Å². The van der Waals surface area contributed by atoms with Crippen LogP contribution in [-0.2, 0) is 9.59 Å². The molecule has 3 heterocycles. The summed E-state index contributed by atoms with van der Waals surface area (Å²) in [6.07, 6.45) is 8.02. The Balaban J connectivity index is 1.70. The van der Waals surface area contributed by atoms with Crippen LogP contribution in [0.3, 0.4) is 0 Å². The van der Waals surface area contributed by atoms with Gasteiger partial charge in [-0.3, -0.25) is 24.4 Å². The van der Waals surface area contributed by atoms with Crippen molar-refractivity contribution in [3.63, 3.8) is 0 Å². The number of amides is 2. The lowest BCUT2D eigenvalue weighted by Crippen LogP contribution is -2.45. The summed E-state index contributed by atoms with van der Waals surface area (Å²) < 4.78 is 16.3. The highest BCUT2D eigenvalue weighted by atomic mass is 19.1. The lowest BCUT2D eigenvalue weighted by atomic mass is 9.94. The molecular formula is C26H26FN4O3+. The summed E-state index contributed by atoms with van der Waals surface area (Å²) >= 11 is 0. The second-order valence-electron chi connectivity index (χ2n) is 9.01. The number of imide groups is 1. The van der Waals surface area contributed by atoms with Gasteiger partial charge in [-0.05, 0) is 56.5 Å². The second-order valence-corrected chi connectivity index (χ2v) is 9.01. The Morgan fingerprint density at radius 2 is 1.56 bits per heavy atom. The standard InChI is InChI=1S/C26H25FN4O3/c1-16-12-14-29(15-13-16)23-22(24(32)30(26(23)34)19-6-4-3-5-7-19)21-17(2)28-31(25(21)33)20-10-8-18(27)9-11-20/h8-15,19H,3-7H2,1-2H3/p+1. The zero-order valence-electron chi connectivity index (χ0n) is 19.2. The first-order valence-electron chi connectivity index (χ1n) is 11.5. The number of hydrogen-bond donors (Lipinski definition) is 1. The van der Waals surface area contributed by atoms with Crippen LogP contribution >= 0.6 is 0 Å². The monoisotopic (exact) mass is 461 g/mol. The Hall–Kier alpha value is -3.81. The summed E-state index contributed by atoms with van der Waals surface area (Å²) in [6.45, 7) is 3.63. The normalized spacial score (nSPS) is 17.2. The average Bonchev–Trinajstić information content (AvgIpc) is 3.26. The minimum absolute atomic E-state index is 0.101. The minimum atomic E-state index is -0.462. The van der Waals surface area contributed by atoms with Crippen molar-refractivity contribution in [2.75, 3.05) is 0 Å². The van der Waals surface area contributed by atoms with Gasteiger partial charge in [0.1, 0.15) is 11.4 Å². The molecule has 34 heavy (non-hydrogen) atoms. The van der Waals surface area contributed by atoms with Gasteiger partial charge in [0.2, 0.25) is 0 Å². The molecule has 0 radical (unpaired) electrons. The van der Waals surface area contributed by atoms with E-state index in [1.54, 1.807) is 23.9 Å². The van der Waals surface area contributed by atoms with Gasteiger partial charge in [-0.2, -0.15) is 4.57 Å². The predicted molar refractivity (Wildman–Crippen MR) is 124 cm³/mol. The first kappa shape index (κ1) is 22.0. The van der Waals surface area contributed by atoms with E-state index in [9.17, 15) is 18.8 Å². The van der Waals surface area contributed by atoms with Crippen molar-refractivity contribution in [1.82, 2.24) is 14.7 Å². The van der Waals surface area contributed by atoms with Crippen LogP contribution in [0.4, 0.5) is 4.39 Å². The van der Waals surface area contributed by atoms with Gasteiger partial charge < -0.3 is 0 Å². The molecule has 1 saturated carbocycles. The molecule has 1 fully saturated rings. The van der Waals surface area contributed by atoms with E-state index in [4.69, 9.17) is 0 Å². The molecular weight excluding hydrogens is 435 g/mol. The molecule has 2 aliphatic rings. The van der Waals surface area contributed by atoms with E-state index in [2.05, 4.69) is 5.10 Å². The summed E-state index contributed by atoms with van der Waals surface area (Å²) in [4.78, 5) is 42.4. The lowest BCUT2D eigenvalue weighted by Gasteiger charge is -2.29. The molecule has 1 N–H and O–H groups in total. The lowest BCUT2D eigenvalue weighted by molar-refractivity contribution is -0.577. The molecule has 7 nitrogen and oxygen atoms in total. The number of halogens is 1. The molecule has 0 unspecified atom stereocenters. The number of carbonyl (C=O) groups is 2. The van der Waals surface area contributed by atoms with Crippen LogP contribution < -0.4 is 10.1 Å². The van der Waals surface area contributed by atoms with Gasteiger partial charge in [0.15, 0.2) is 12.4 Å². The summed E-state index contributed by atoms with van der Waals surface area (Å²) in [5.41, 5.74) is 1.88.